The van der Waals surface area contributed by atoms with Gasteiger partial charge in [0, 0.05) is 0 Å². The molecule has 25 heavy (non-hydrogen) atoms. The monoisotopic (exact) mass is 374 g/mol. The Balaban J connectivity index is 2.72. The number of rotatable bonds is 11. The molecule has 0 saturated heterocycles. The lowest BCUT2D eigenvalue weighted by atomic mass is 10.2. The Bertz CT molecular complexity index is 651. The van der Waals surface area contributed by atoms with E-state index in [1.54, 1.807) is 18.2 Å². The van der Waals surface area contributed by atoms with E-state index in [-0.39, 0.29) is 18.3 Å². The molecule has 138 valence electrons. The van der Waals surface area contributed by atoms with Gasteiger partial charge in [0.1, 0.15) is 24.9 Å². The van der Waals surface area contributed by atoms with Gasteiger partial charge in [-0.25, -0.2) is 4.57 Å². The quantitative estimate of drug-likeness (QED) is 0.398. The zero-order valence-corrected chi connectivity index (χ0v) is 14.1. The average molecular weight is 374 g/mol. The van der Waals surface area contributed by atoms with Crippen LogP contribution in [0.2, 0.25) is 0 Å². The summed E-state index contributed by atoms with van der Waals surface area (Å²) in [6.07, 6.45) is -0.530. The van der Waals surface area contributed by atoms with Crippen LogP contribution in [0.1, 0.15) is 6.42 Å². The largest absolute Gasteiger partial charge is 0.480 e. The van der Waals surface area contributed by atoms with Crippen LogP contribution >= 0.6 is 7.60 Å². The van der Waals surface area contributed by atoms with Crippen LogP contribution < -0.4 is 15.6 Å². The fourth-order valence-electron chi connectivity index (χ4n) is 1.58. The van der Waals surface area contributed by atoms with Gasteiger partial charge in [-0.3, -0.25) is 18.9 Å². The van der Waals surface area contributed by atoms with E-state index in [9.17, 15) is 18.9 Å². The minimum Gasteiger partial charge on any atom is -0.480 e. The van der Waals surface area contributed by atoms with Gasteiger partial charge in [0.25, 0.3) is 0 Å². The van der Waals surface area contributed by atoms with Gasteiger partial charge in [-0.2, -0.15) is 0 Å². The number of nitrogens with one attached hydrogen (secondary N) is 1. The molecule has 0 aliphatic heterocycles. The summed E-state index contributed by atoms with van der Waals surface area (Å²) in [5.41, 5.74) is 5.38. The van der Waals surface area contributed by atoms with Crippen molar-refractivity contribution in [1.29, 1.82) is 0 Å². The molecule has 1 amide bonds. The van der Waals surface area contributed by atoms with Crippen LogP contribution in [-0.4, -0.2) is 53.4 Å². The molecule has 1 rings (SSSR count). The molecule has 0 aliphatic rings. The number of carbonyl (C=O) groups is 3. The highest BCUT2D eigenvalue weighted by atomic mass is 31.2. The average Bonchev–Trinajstić information content (AvgIpc) is 2.57. The SMILES string of the molecule is NC(CCP(=O)(OCC(=O)NCC(=O)O)Oc1ccccc1)C(=O)O. The normalized spacial score (nSPS) is 14.1. The van der Waals surface area contributed by atoms with E-state index in [2.05, 4.69) is 0 Å². The first-order valence-electron chi connectivity index (χ1n) is 7.17. The third-order valence-electron chi connectivity index (χ3n) is 2.85. The van der Waals surface area contributed by atoms with Crippen LogP contribution in [0, 0.1) is 0 Å². The summed E-state index contributed by atoms with van der Waals surface area (Å²) < 4.78 is 23.1. The second kappa shape index (κ2) is 9.77. The minimum atomic E-state index is -3.89. The third kappa shape index (κ3) is 8.30. The van der Waals surface area contributed by atoms with Gasteiger partial charge in [0.15, 0.2) is 0 Å². The summed E-state index contributed by atoms with van der Waals surface area (Å²) >= 11 is 0. The molecule has 11 heteroatoms. The number of carboxylic acid groups (broad SMARTS) is 2. The van der Waals surface area contributed by atoms with Crippen molar-refractivity contribution in [3.05, 3.63) is 30.3 Å². The highest BCUT2D eigenvalue weighted by molar-refractivity contribution is 7.54. The van der Waals surface area contributed by atoms with Gasteiger partial charge in [-0.05, 0) is 18.6 Å². The number of hydrogen-bond acceptors (Lipinski definition) is 7. The second-order valence-electron chi connectivity index (χ2n) is 4.92. The maximum Gasteiger partial charge on any atom is 0.379 e. The third-order valence-corrected chi connectivity index (χ3v) is 4.67. The molecule has 2 atom stereocenters. The molecule has 2 unspecified atom stereocenters. The predicted molar refractivity (Wildman–Crippen MR) is 86.4 cm³/mol. The zero-order chi connectivity index (χ0) is 18.9. The molecule has 5 N–H and O–H groups in total. The number of amides is 1. The van der Waals surface area contributed by atoms with Gasteiger partial charge >= 0.3 is 19.5 Å². The van der Waals surface area contributed by atoms with E-state index in [0.29, 0.717) is 0 Å². The highest BCUT2D eigenvalue weighted by Crippen LogP contribution is 2.48. The first-order valence-corrected chi connectivity index (χ1v) is 8.90. The molecule has 0 radical (unpaired) electrons. The smallest absolute Gasteiger partial charge is 0.379 e. The van der Waals surface area contributed by atoms with Crippen LogP contribution in [0.4, 0.5) is 0 Å². The molecule has 0 spiro atoms. The molecule has 10 nitrogen and oxygen atoms in total. The molecule has 0 fully saturated rings. The van der Waals surface area contributed by atoms with Gasteiger partial charge in [0.05, 0.1) is 6.16 Å². The van der Waals surface area contributed by atoms with Crippen LogP contribution in [0.5, 0.6) is 5.75 Å². The van der Waals surface area contributed by atoms with Crippen molar-refractivity contribution < 1.29 is 38.2 Å². The lowest BCUT2D eigenvalue weighted by Crippen LogP contribution is -2.33. The zero-order valence-electron chi connectivity index (χ0n) is 13.2. The van der Waals surface area contributed by atoms with E-state index in [0.717, 1.165) is 0 Å². The molecule has 0 heterocycles. The fraction of sp³-hybridized carbons (Fsp3) is 0.357. The number of nitrogens with two attached hydrogens (primary N) is 1. The van der Waals surface area contributed by atoms with Crippen LogP contribution in [0.15, 0.2) is 30.3 Å². The van der Waals surface area contributed by atoms with E-state index in [1.807, 2.05) is 5.32 Å². The fourth-order valence-corrected chi connectivity index (χ4v) is 3.21. The Morgan fingerprint density at radius 3 is 2.40 bits per heavy atom. The highest BCUT2D eigenvalue weighted by Gasteiger charge is 2.29. The minimum absolute atomic E-state index is 0.198. The van der Waals surface area contributed by atoms with Crippen molar-refractivity contribution in [2.45, 2.75) is 12.5 Å². The van der Waals surface area contributed by atoms with Crippen molar-refractivity contribution in [3.8, 4) is 5.75 Å². The standard InChI is InChI=1S/C14H19N2O8P/c15-11(14(20)21)6-7-25(22,24-10-4-2-1-3-5-10)23-9-12(17)16-8-13(18)19/h1-5,11H,6-9,15H2,(H,16,17)(H,18,19)(H,20,21). The van der Waals surface area contributed by atoms with E-state index < -0.39 is 44.6 Å². The molecule has 0 saturated carbocycles. The molecular formula is C14H19N2O8P. The summed E-state index contributed by atoms with van der Waals surface area (Å²) in [7, 11) is -3.89. The molecule has 0 aliphatic carbocycles. The Morgan fingerprint density at radius 2 is 1.84 bits per heavy atom. The Labute approximate surface area is 143 Å². The predicted octanol–water partition coefficient (Wildman–Crippen LogP) is 0.278. The van der Waals surface area contributed by atoms with E-state index in [4.69, 9.17) is 25.0 Å². The van der Waals surface area contributed by atoms with Gasteiger partial charge < -0.3 is 25.8 Å². The number of carboxylic acids is 2. The lowest BCUT2D eigenvalue weighted by molar-refractivity contribution is -0.139. The number of benzene rings is 1. The van der Waals surface area contributed by atoms with Crippen molar-refractivity contribution in [3.63, 3.8) is 0 Å². The topological polar surface area (TPSA) is 165 Å². The maximum atomic E-state index is 12.8. The van der Waals surface area contributed by atoms with Gasteiger partial charge in [-0.1, -0.05) is 18.2 Å². The van der Waals surface area contributed by atoms with Crippen molar-refractivity contribution >= 4 is 25.4 Å². The van der Waals surface area contributed by atoms with Crippen LogP contribution in [-0.2, 0) is 23.5 Å². The first kappa shape index (κ1) is 20.6. The Morgan fingerprint density at radius 1 is 1.20 bits per heavy atom. The number of carbonyl (C=O) groups excluding carboxylic acids is 1. The summed E-state index contributed by atoms with van der Waals surface area (Å²) in [4.78, 5) is 32.7. The summed E-state index contributed by atoms with van der Waals surface area (Å²) in [5, 5.41) is 19.3. The summed E-state index contributed by atoms with van der Waals surface area (Å²) in [5.74, 6) is -3.11. The van der Waals surface area contributed by atoms with E-state index in [1.165, 1.54) is 12.1 Å². The number of hydrogen-bond donors (Lipinski definition) is 4. The number of aliphatic carboxylic acids is 2. The van der Waals surface area contributed by atoms with Crippen molar-refractivity contribution in [1.82, 2.24) is 5.32 Å². The summed E-state index contributed by atoms with van der Waals surface area (Å²) in [6.45, 7) is -1.32. The number of para-hydroxylation sites is 1. The molecule has 1 aromatic rings. The molecule has 0 aromatic heterocycles. The van der Waals surface area contributed by atoms with Crippen molar-refractivity contribution in [2.75, 3.05) is 19.3 Å². The maximum absolute atomic E-state index is 12.8. The lowest BCUT2D eigenvalue weighted by Gasteiger charge is -2.20. The van der Waals surface area contributed by atoms with Gasteiger partial charge in [0.2, 0.25) is 5.91 Å². The molecule has 1 aromatic carbocycles. The molecular weight excluding hydrogens is 355 g/mol. The van der Waals surface area contributed by atoms with Crippen LogP contribution in [0.25, 0.3) is 0 Å². The Hall–Kier alpha value is -2.42. The van der Waals surface area contributed by atoms with Crippen molar-refractivity contribution in [2.24, 2.45) is 5.73 Å². The van der Waals surface area contributed by atoms with Crippen LogP contribution in [0.3, 0.4) is 0 Å². The summed E-state index contributed by atoms with van der Waals surface area (Å²) in [6, 6.07) is 6.72. The molecule has 0 bridgehead atoms. The van der Waals surface area contributed by atoms with E-state index >= 15 is 0 Å². The van der Waals surface area contributed by atoms with Gasteiger partial charge in [-0.15, -0.1) is 0 Å². The Kier molecular flexibility index (Phi) is 8.06. The second-order valence-corrected chi connectivity index (χ2v) is 7.03. The first-order chi connectivity index (χ1) is 11.7.